The molecule has 0 bridgehead atoms. The van der Waals surface area contributed by atoms with Crippen molar-refractivity contribution >= 4 is 10.1 Å². The van der Waals surface area contributed by atoms with E-state index in [1.165, 1.54) is 0 Å². The number of rotatable bonds is 12. The molecule has 2 aliphatic heterocycles. The Morgan fingerprint density at radius 2 is 1.28 bits per heavy atom. The first kappa shape index (κ1) is 27.9. The van der Waals surface area contributed by atoms with Crippen molar-refractivity contribution < 1.29 is 31.5 Å². The summed E-state index contributed by atoms with van der Waals surface area (Å²) in [5.41, 5.74) is 3.11. The van der Waals surface area contributed by atoms with Gasteiger partial charge >= 0.3 is 0 Å². The van der Waals surface area contributed by atoms with Crippen LogP contribution in [0.1, 0.15) is 16.7 Å². The summed E-state index contributed by atoms with van der Waals surface area (Å²) in [6.45, 7) is 1.72. The lowest BCUT2D eigenvalue weighted by Gasteiger charge is -2.44. The zero-order valence-electron chi connectivity index (χ0n) is 21.9. The smallest absolute Gasteiger partial charge is 0.264 e. The molecule has 0 aliphatic carbocycles. The molecule has 5 rings (SSSR count). The lowest BCUT2D eigenvalue weighted by molar-refractivity contribution is -0.233. The zero-order valence-corrected chi connectivity index (χ0v) is 22.7. The van der Waals surface area contributed by atoms with Crippen LogP contribution in [0.3, 0.4) is 0 Å². The zero-order chi connectivity index (χ0) is 27.1. The minimum atomic E-state index is -3.68. The first-order valence-corrected chi connectivity index (χ1v) is 15.0. The van der Waals surface area contributed by atoms with Crippen molar-refractivity contribution in [2.24, 2.45) is 0 Å². The molecule has 2 fully saturated rings. The van der Waals surface area contributed by atoms with E-state index in [4.69, 9.17) is 23.1 Å². The summed E-state index contributed by atoms with van der Waals surface area (Å²) < 4.78 is 55.1. The Bertz CT molecular complexity index is 1260. The summed E-state index contributed by atoms with van der Waals surface area (Å²) >= 11 is 0. The van der Waals surface area contributed by atoms with E-state index in [0.717, 1.165) is 22.9 Å². The van der Waals surface area contributed by atoms with Gasteiger partial charge < -0.3 is 24.3 Å². The van der Waals surface area contributed by atoms with Crippen molar-refractivity contribution in [3.8, 4) is 0 Å². The molecule has 1 N–H and O–H groups in total. The Labute approximate surface area is 230 Å². The van der Waals surface area contributed by atoms with E-state index < -0.39 is 40.6 Å². The minimum absolute atomic E-state index is 0.244. The highest BCUT2D eigenvalue weighted by molar-refractivity contribution is 7.86. The quantitative estimate of drug-likeness (QED) is 0.341. The van der Waals surface area contributed by atoms with Crippen molar-refractivity contribution in [1.82, 2.24) is 5.32 Å². The molecule has 0 aromatic heterocycles. The first-order valence-electron chi connectivity index (χ1n) is 13.2. The van der Waals surface area contributed by atoms with Crippen LogP contribution < -0.4 is 5.32 Å². The highest BCUT2D eigenvalue weighted by Gasteiger charge is 2.53. The van der Waals surface area contributed by atoms with Gasteiger partial charge in [-0.05, 0) is 16.7 Å². The molecule has 208 valence electrons. The Kier molecular flexibility index (Phi) is 9.41. The average Bonchev–Trinajstić information content (AvgIpc) is 3.33. The maximum absolute atomic E-state index is 12.0. The van der Waals surface area contributed by atoms with Gasteiger partial charge in [0.1, 0.15) is 30.5 Å². The predicted molar refractivity (Wildman–Crippen MR) is 146 cm³/mol. The van der Waals surface area contributed by atoms with Gasteiger partial charge in [-0.25, -0.2) is 0 Å². The fourth-order valence-corrected chi connectivity index (χ4v) is 5.76. The van der Waals surface area contributed by atoms with Crippen LogP contribution in [0.4, 0.5) is 0 Å². The Balaban J connectivity index is 1.38. The second-order valence-corrected chi connectivity index (χ2v) is 11.5. The van der Waals surface area contributed by atoms with E-state index in [-0.39, 0.29) is 12.6 Å². The van der Waals surface area contributed by atoms with Crippen LogP contribution in [0.2, 0.25) is 0 Å². The number of hydrogen-bond donors (Lipinski definition) is 1. The standard InChI is InChI=1S/C30H35NO7S/c1-39(32,33)38-25-17-31-27-28(25)37-26(21-34-18-22-11-5-2-6-12-22)29(35-19-23-13-7-3-8-14-23)30(27)36-20-24-15-9-4-10-16-24/h2-16,25-31H,17-21H2,1H3/t25-,26-,27-,28-,29+,30-/m1/s1. The van der Waals surface area contributed by atoms with Gasteiger partial charge in [-0.3, -0.25) is 4.18 Å². The molecule has 3 aromatic carbocycles. The molecule has 3 aromatic rings. The number of nitrogens with one attached hydrogen (secondary N) is 1. The van der Waals surface area contributed by atoms with E-state index in [1.54, 1.807) is 0 Å². The van der Waals surface area contributed by atoms with Gasteiger partial charge in [0.25, 0.3) is 10.1 Å². The maximum atomic E-state index is 12.0. The van der Waals surface area contributed by atoms with Crippen LogP contribution in [0, 0.1) is 0 Å². The third-order valence-electron chi connectivity index (χ3n) is 6.91. The van der Waals surface area contributed by atoms with Crippen molar-refractivity contribution in [2.45, 2.75) is 56.4 Å². The minimum Gasteiger partial charge on any atom is -0.374 e. The average molecular weight is 554 g/mol. The molecular formula is C30H35NO7S. The van der Waals surface area contributed by atoms with Crippen LogP contribution in [0.15, 0.2) is 91.0 Å². The third-order valence-corrected chi connectivity index (χ3v) is 7.51. The van der Waals surface area contributed by atoms with E-state index in [2.05, 4.69) is 5.32 Å². The summed E-state index contributed by atoms with van der Waals surface area (Å²) in [5.74, 6) is 0. The monoisotopic (exact) mass is 553 g/mol. The van der Waals surface area contributed by atoms with E-state index >= 15 is 0 Å². The molecule has 0 radical (unpaired) electrons. The van der Waals surface area contributed by atoms with Crippen LogP contribution in [0.5, 0.6) is 0 Å². The summed E-state index contributed by atoms with van der Waals surface area (Å²) in [4.78, 5) is 0. The fourth-order valence-electron chi connectivity index (χ4n) is 5.13. The van der Waals surface area contributed by atoms with Crippen LogP contribution in [-0.4, -0.2) is 64.4 Å². The van der Waals surface area contributed by atoms with Gasteiger partial charge in [0.05, 0.1) is 38.7 Å². The van der Waals surface area contributed by atoms with E-state index in [9.17, 15) is 8.42 Å². The topological polar surface area (TPSA) is 92.3 Å². The molecule has 0 amide bonds. The largest absolute Gasteiger partial charge is 0.374 e. The molecule has 0 unspecified atom stereocenters. The number of fused-ring (bicyclic) bond motifs is 1. The Hall–Kier alpha value is -2.63. The van der Waals surface area contributed by atoms with E-state index in [0.29, 0.717) is 26.4 Å². The lowest BCUT2D eigenvalue weighted by Crippen LogP contribution is -2.63. The molecule has 39 heavy (non-hydrogen) atoms. The lowest BCUT2D eigenvalue weighted by atomic mass is 9.92. The Morgan fingerprint density at radius 3 is 1.82 bits per heavy atom. The molecule has 2 aliphatic rings. The van der Waals surface area contributed by atoms with Crippen molar-refractivity contribution in [3.05, 3.63) is 108 Å². The van der Waals surface area contributed by atoms with Crippen LogP contribution >= 0.6 is 0 Å². The molecular weight excluding hydrogens is 518 g/mol. The number of ether oxygens (including phenoxy) is 4. The second kappa shape index (κ2) is 13.1. The molecule has 8 nitrogen and oxygen atoms in total. The molecule has 2 saturated heterocycles. The highest BCUT2D eigenvalue weighted by Crippen LogP contribution is 2.33. The molecule has 0 saturated carbocycles. The van der Waals surface area contributed by atoms with Gasteiger partial charge in [0.2, 0.25) is 0 Å². The first-order chi connectivity index (χ1) is 19.0. The van der Waals surface area contributed by atoms with Crippen LogP contribution in [0.25, 0.3) is 0 Å². The van der Waals surface area contributed by atoms with Gasteiger partial charge in [0, 0.05) is 6.54 Å². The van der Waals surface area contributed by atoms with Gasteiger partial charge in [-0.1, -0.05) is 91.0 Å². The Morgan fingerprint density at radius 1 is 0.769 bits per heavy atom. The van der Waals surface area contributed by atoms with Gasteiger partial charge in [-0.15, -0.1) is 0 Å². The van der Waals surface area contributed by atoms with Crippen LogP contribution in [-0.2, 0) is 53.1 Å². The number of benzene rings is 3. The summed E-state index contributed by atoms with van der Waals surface area (Å²) in [5, 5.41) is 3.39. The van der Waals surface area contributed by atoms with Crippen molar-refractivity contribution in [1.29, 1.82) is 0 Å². The molecule has 6 atom stereocenters. The van der Waals surface area contributed by atoms with Crippen molar-refractivity contribution in [3.63, 3.8) is 0 Å². The third kappa shape index (κ3) is 7.73. The van der Waals surface area contributed by atoms with Crippen molar-refractivity contribution in [2.75, 3.05) is 19.4 Å². The number of hydrogen-bond acceptors (Lipinski definition) is 8. The van der Waals surface area contributed by atoms with Gasteiger partial charge in [0.15, 0.2) is 0 Å². The summed E-state index contributed by atoms with van der Waals surface area (Å²) in [6, 6.07) is 29.4. The molecule has 0 spiro atoms. The second-order valence-electron chi connectivity index (χ2n) is 9.94. The van der Waals surface area contributed by atoms with E-state index in [1.807, 2.05) is 91.0 Å². The molecule has 2 heterocycles. The molecule has 9 heteroatoms. The summed E-state index contributed by atoms with van der Waals surface area (Å²) in [7, 11) is -3.68. The normalized spacial score (nSPS) is 26.8. The highest BCUT2D eigenvalue weighted by atomic mass is 32.2. The predicted octanol–water partition coefficient (Wildman–Crippen LogP) is 3.46. The maximum Gasteiger partial charge on any atom is 0.264 e. The fraction of sp³-hybridized carbons (Fsp3) is 0.400. The SMILES string of the molecule is CS(=O)(=O)O[C@@H]1CN[C@H]2[C@@H](OCc3ccccc3)[C@@H](OCc3ccccc3)[C@@H](COCc3ccccc3)O[C@@H]21. The summed E-state index contributed by atoms with van der Waals surface area (Å²) in [6.07, 6.45) is -1.60. The van der Waals surface area contributed by atoms with Gasteiger partial charge in [-0.2, -0.15) is 8.42 Å².